The van der Waals surface area contributed by atoms with E-state index in [1.165, 1.54) is 263 Å². The average Bonchev–Trinajstić information content (AvgIpc) is 0.726. The van der Waals surface area contributed by atoms with Crippen LogP contribution in [-0.4, -0.2) is 0 Å². The highest BCUT2D eigenvalue weighted by Crippen LogP contribution is 2.63. The fourth-order valence-electron chi connectivity index (χ4n) is 28.6. The van der Waals surface area contributed by atoms with Crippen LogP contribution in [-0.2, 0) is 21.7 Å². The molecule has 148 heavy (non-hydrogen) atoms. The minimum absolute atomic E-state index is 0.0160. The summed E-state index contributed by atoms with van der Waals surface area (Å²) in [6.07, 6.45) is 48.1. The highest BCUT2D eigenvalue weighted by molar-refractivity contribution is 5.46. The van der Waals surface area contributed by atoms with Crippen molar-refractivity contribution in [1.82, 2.24) is 0 Å². The fourth-order valence-corrected chi connectivity index (χ4v) is 28.6. The molecule has 0 radical (unpaired) electrons. The van der Waals surface area contributed by atoms with E-state index in [-0.39, 0.29) is 43.3 Å². The molecule has 7 saturated carbocycles. The molecule has 0 nitrogen and oxygen atoms in total. The van der Waals surface area contributed by atoms with E-state index in [0.29, 0.717) is 88.7 Å². The minimum atomic E-state index is -0.0160. The predicted octanol–water partition coefficient (Wildman–Crippen LogP) is 47.3. The second-order valence-corrected chi connectivity index (χ2v) is 57.6. The van der Waals surface area contributed by atoms with Crippen molar-refractivity contribution in [3.8, 4) is 0 Å². The van der Waals surface area contributed by atoms with Gasteiger partial charge in [-0.1, -0.05) is 636 Å². The van der Waals surface area contributed by atoms with Crippen molar-refractivity contribution in [3.63, 3.8) is 0 Å². The molecule has 0 amide bonds. The Bertz CT molecular complexity index is 4300. The molecule has 0 heteroatoms. The first-order chi connectivity index (χ1) is 68.9. The third kappa shape index (κ3) is 29.7. The van der Waals surface area contributed by atoms with Gasteiger partial charge < -0.3 is 0 Å². The normalized spacial score (nSPS) is 22.7. The molecule has 830 valence electrons. The number of hydrogen-bond acceptors (Lipinski definition) is 0. The maximum Gasteiger partial charge on any atom is 0.0233 e. The van der Waals surface area contributed by atoms with Crippen molar-refractivity contribution in [2.24, 2.45) is 110 Å². The van der Waals surface area contributed by atoms with Gasteiger partial charge in [-0.25, -0.2) is 0 Å². The first-order valence-electron chi connectivity index (χ1n) is 61.4. The number of fused-ring (bicyclic) bond motifs is 1. The lowest BCUT2D eigenvalue weighted by Gasteiger charge is -2.53. The molecule has 0 aromatic heterocycles. The molecule has 0 heterocycles. The summed E-state index contributed by atoms with van der Waals surface area (Å²) in [4.78, 5) is 0. The Hall–Kier alpha value is -6.24. The van der Waals surface area contributed by atoms with Gasteiger partial charge in [-0.2, -0.15) is 0 Å². The van der Waals surface area contributed by atoms with Gasteiger partial charge in [-0.3, -0.25) is 0 Å². The zero-order chi connectivity index (χ0) is 111. The topological polar surface area (TPSA) is 0 Å². The molecule has 0 N–H and O–H groups in total. The molecule has 7 aliphatic carbocycles. The van der Waals surface area contributed by atoms with E-state index < -0.39 is 0 Å². The summed E-state index contributed by atoms with van der Waals surface area (Å²) in [5.41, 5.74) is 19.4. The maximum absolute atomic E-state index is 2.55. The van der Waals surface area contributed by atoms with Gasteiger partial charge in [0.15, 0.2) is 0 Å². The predicted molar refractivity (Wildman–Crippen MR) is 663 cm³/mol. The molecule has 0 unspecified atom stereocenters. The van der Waals surface area contributed by atoms with E-state index in [2.05, 4.69) is 533 Å². The lowest BCUT2D eigenvalue weighted by atomic mass is 9.50. The number of benzene rings is 8. The summed E-state index contributed by atoms with van der Waals surface area (Å²) in [5.74, 6) is 2.33. The Morgan fingerprint density at radius 2 is 0.297 bits per heavy atom. The summed E-state index contributed by atoms with van der Waals surface area (Å²) in [6.45, 7) is 101. The van der Waals surface area contributed by atoms with E-state index in [1.54, 1.807) is 0 Å². The van der Waals surface area contributed by atoms with Crippen LogP contribution in [0.5, 0.6) is 0 Å². The smallest absolute Gasteiger partial charge is 0.0233 e. The average molecular weight is 2020 g/mol. The number of rotatable bonds is 22. The maximum atomic E-state index is 2.55. The van der Waals surface area contributed by atoms with E-state index in [9.17, 15) is 0 Å². The monoisotopic (exact) mass is 2020 g/mol. The summed E-state index contributed by atoms with van der Waals surface area (Å²) in [6, 6.07) is 87.9. The summed E-state index contributed by atoms with van der Waals surface area (Å²) >= 11 is 0. The van der Waals surface area contributed by atoms with Crippen molar-refractivity contribution < 1.29 is 0 Å². The van der Waals surface area contributed by atoms with Crippen molar-refractivity contribution in [3.05, 3.63) is 287 Å². The van der Waals surface area contributed by atoms with Crippen LogP contribution in [0.2, 0.25) is 0 Å². The van der Waals surface area contributed by atoms with E-state index in [4.69, 9.17) is 0 Å². The minimum Gasteiger partial charge on any atom is -0.0648 e. The first kappa shape index (κ1) is 130. The lowest BCUT2D eigenvalue weighted by molar-refractivity contribution is -0.0261. The van der Waals surface area contributed by atoms with Crippen molar-refractivity contribution in [2.45, 2.75) is 531 Å². The van der Waals surface area contributed by atoms with Crippen molar-refractivity contribution in [2.75, 3.05) is 0 Å². The SMILES string of the molecule is CC(C)C(C)(C(C)C)C(C)(c1ccccc1)c1ccccc1.CC(C)C(C)(C(C)C)C(C)(c1ccccc1)c1ccccc1.CC1(C)CCCCC1(C)C.CC1(C)CCCCC1(C)C.CC1(C)CCCCC1(C)C.CC1(C)CCCCC1(C)C.CC12CCCCC1(C)CCCC2.CCC(C)(CC)C(C)(c1ccccc1)c1ccccc1.CCC(C)(CC)C(C)(c1ccccc1)c1ccccc1.CC[C@@]1(C)CCCC[C@@]1(C)CC. The highest BCUT2D eigenvalue weighted by Gasteiger charge is 2.55. The van der Waals surface area contributed by atoms with Crippen molar-refractivity contribution >= 4 is 0 Å². The zero-order valence-electron chi connectivity index (χ0n) is 105. The molecule has 0 bridgehead atoms. The Labute approximate surface area is 921 Å². The van der Waals surface area contributed by atoms with Gasteiger partial charge in [-0.15, -0.1) is 0 Å². The summed E-state index contributed by atoms with van der Waals surface area (Å²) in [5, 5.41) is 0. The Balaban J connectivity index is 0.000000255. The van der Waals surface area contributed by atoms with Crippen molar-refractivity contribution in [1.29, 1.82) is 0 Å². The van der Waals surface area contributed by atoms with E-state index in [1.807, 2.05) is 0 Å². The molecule has 7 aliphatic rings. The van der Waals surface area contributed by atoms with Crippen LogP contribution in [0.15, 0.2) is 243 Å². The third-order valence-electron chi connectivity index (χ3n) is 47.6. The third-order valence-corrected chi connectivity index (χ3v) is 47.6. The molecular formula is C148H238. The highest BCUT2D eigenvalue weighted by atomic mass is 14.6. The Morgan fingerprint density at radius 1 is 0.176 bits per heavy atom. The zero-order valence-corrected chi connectivity index (χ0v) is 105. The van der Waals surface area contributed by atoms with E-state index in [0.717, 1.165) is 0 Å². The van der Waals surface area contributed by atoms with Crippen LogP contribution < -0.4 is 0 Å². The van der Waals surface area contributed by atoms with Crippen LogP contribution in [0.25, 0.3) is 0 Å². The van der Waals surface area contributed by atoms with Crippen LogP contribution >= 0.6 is 0 Å². The summed E-state index contributed by atoms with van der Waals surface area (Å²) < 4.78 is 0. The number of hydrogen-bond donors (Lipinski definition) is 0. The quantitative estimate of drug-likeness (QED) is 0.0634. The summed E-state index contributed by atoms with van der Waals surface area (Å²) in [7, 11) is 0. The standard InChI is InChI=1S/2C22H30.2C20H26.C12H22.C12H24.4C10H20/c2*1-17(2)21(5,18(3)4)22(6,19-13-9-7-10-14-19)20-15-11-8-12-16-20;2*1-5-19(3,6-2)20(4,17-13-9-7-10-14-17)18-15-11-8-12-16-18;1-11-7-3-5-9-12(11,2)10-6-4-8-11;1-5-11(3)9-7-8-10-12(11,4)6-2;4*1-9(2)7-5-6-8-10(9,3)4/h2*7-18H,1-6H3;2*7-16H,5-6H2,1-4H3;3-10H2,1-2H3;5-10H2,1-4H3;4*5-8H2,1-4H3/t;;;;;11-,12+;;;;. The van der Waals surface area contributed by atoms with Gasteiger partial charge in [0.2, 0.25) is 0 Å². The second kappa shape index (κ2) is 54.9. The van der Waals surface area contributed by atoms with Crippen LogP contribution in [0, 0.1) is 110 Å². The molecule has 8 aromatic carbocycles. The molecular weight excluding hydrogens is 1780 g/mol. The Kier molecular flexibility index (Phi) is 48.4. The lowest BCUT2D eigenvalue weighted by Crippen LogP contribution is -2.49. The van der Waals surface area contributed by atoms with Gasteiger partial charge in [-0.05, 0) is 270 Å². The van der Waals surface area contributed by atoms with Crippen LogP contribution in [0.4, 0.5) is 0 Å². The molecule has 15 rings (SSSR count). The van der Waals surface area contributed by atoms with Gasteiger partial charge in [0.25, 0.3) is 0 Å². The van der Waals surface area contributed by atoms with Gasteiger partial charge in [0.05, 0.1) is 0 Å². The molecule has 0 spiro atoms. The molecule has 0 aliphatic heterocycles. The second-order valence-electron chi connectivity index (χ2n) is 57.6. The van der Waals surface area contributed by atoms with Gasteiger partial charge in [0, 0.05) is 21.7 Å². The molecule has 0 saturated heterocycles. The largest absolute Gasteiger partial charge is 0.0648 e. The van der Waals surface area contributed by atoms with Crippen LogP contribution in [0.3, 0.4) is 0 Å². The first-order valence-corrected chi connectivity index (χ1v) is 61.4. The molecule has 7 fully saturated rings. The fraction of sp³-hybridized carbons (Fsp3) is 0.676. The van der Waals surface area contributed by atoms with Gasteiger partial charge in [0.1, 0.15) is 0 Å². The van der Waals surface area contributed by atoms with E-state index >= 15 is 0 Å². The molecule has 2 atom stereocenters. The van der Waals surface area contributed by atoms with Crippen LogP contribution in [0.1, 0.15) is 554 Å². The Morgan fingerprint density at radius 3 is 0.412 bits per heavy atom. The van der Waals surface area contributed by atoms with Gasteiger partial charge >= 0.3 is 0 Å². The molecule has 8 aromatic rings.